The van der Waals surface area contributed by atoms with E-state index in [9.17, 15) is 13.2 Å². The molecule has 0 aliphatic rings. The number of anilines is 2. The van der Waals surface area contributed by atoms with Gasteiger partial charge in [-0.25, -0.2) is 8.42 Å². The van der Waals surface area contributed by atoms with Crippen LogP contribution in [-0.4, -0.2) is 21.4 Å². The van der Waals surface area contributed by atoms with E-state index < -0.39 is 15.9 Å². The molecular weight excluding hydrogens is 412 g/mol. The van der Waals surface area contributed by atoms with Gasteiger partial charge in [-0.05, 0) is 79.4 Å². The number of methoxy groups -OCH3 is 1. The van der Waals surface area contributed by atoms with Gasteiger partial charge in [0.2, 0.25) is 0 Å². The van der Waals surface area contributed by atoms with E-state index in [0.717, 1.165) is 16.7 Å². The molecule has 0 spiro atoms. The summed E-state index contributed by atoms with van der Waals surface area (Å²) >= 11 is 0. The Hall–Kier alpha value is -3.16. The summed E-state index contributed by atoms with van der Waals surface area (Å²) in [6.07, 6.45) is 0. The molecular formula is C24H26N2O4S. The number of nitrogens with one attached hydrogen (secondary N) is 2. The second kappa shape index (κ2) is 9.32. The first-order chi connectivity index (χ1) is 14.7. The van der Waals surface area contributed by atoms with Gasteiger partial charge in [0.05, 0.1) is 11.5 Å². The zero-order valence-electron chi connectivity index (χ0n) is 18.0. The molecule has 0 saturated heterocycles. The van der Waals surface area contributed by atoms with Gasteiger partial charge in [0.15, 0.2) is 0 Å². The second-order valence-electron chi connectivity index (χ2n) is 7.47. The summed E-state index contributed by atoms with van der Waals surface area (Å²) in [6.45, 7) is 6.02. The molecule has 3 rings (SSSR count). The highest BCUT2D eigenvalue weighted by Gasteiger charge is 2.20. The maximum absolute atomic E-state index is 13.0. The molecule has 3 aromatic rings. The van der Waals surface area contributed by atoms with Crippen LogP contribution in [0.5, 0.6) is 0 Å². The molecule has 0 aliphatic carbocycles. The molecule has 0 bridgehead atoms. The molecule has 6 nitrogen and oxygen atoms in total. The smallest absolute Gasteiger partial charge is 0.262 e. The Bertz CT molecular complexity index is 1220. The average Bonchev–Trinajstić information content (AvgIpc) is 2.71. The SMILES string of the molecule is COCc1cccc(NC(=O)c2ccc(C)c(S(=O)(=O)Nc3ccc(C)c(C)c3)c2)c1. The fourth-order valence-corrected chi connectivity index (χ4v) is 4.48. The number of carbonyl (C=O) groups is 1. The number of aryl methyl sites for hydroxylation is 3. The van der Waals surface area contributed by atoms with Gasteiger partial charge >= 0.3 is 0 Å². The minimum atomic E-state index is -3.86. The highest BCUT2D eigenvalue weighted by molar-refractivity contribution is 7.92. The van der Waals surface area contributed by atoms with Gasteiger partial charge in [-0.1, -0.05) is 24.3 Å². The number of ether oxygens (including phenoxy) is 1. The zero-order chi connectivity index (χ0) is 22.6. The van der Waals surface area contributed by atoms with Crippen LogP contribution in [0.4, 0.5) is 11.4 Å². The van der Waals surface area contributed by atoms with Crippen molar-refractivity contribution in [2.45, 2.75) is 32.3 Å². The monoisotopic (exact) mass is 438 g/mol. The third-order valence-electron chi connectivity index (χ3n) is 4.99. The Labute approximate surface area is 183 Å². The van der Waals surface area contributed by atoms with Gasteiger partial charge in [-0.2, -0.15) is 0 Å². The molecule has 0 heterocycles. The van der Waals surface area contributed by atoms with E-state index in [1.54, 1.807) is 44.4 Å². The lowest BCUT2D eigenvalue weighted by atomic mass is 10.1. The van der Waals surface area contributed by atoms with Crippen molar-refractivity contribution in [1.29, 1.82) is 0 Å². The van der Waals surface area contributed by atoms with Crippen molar-refractivity contribution >= 4 is 27.3 Å². The molecule has 7 heteroatoms. The van der Waals surface area contributed by atoms with E-state index >= 15 is 0 Å². The maximum Gasteiger partial charge on any atom is 0.262 e. The summed E-state index contributed by atoms with van der Waals surface area (Å²) < 4.78 is 33.7. The van der Waals surface area contributed by atoms with Crippen molar-refractivity contribution in [3.63, 3.8) is 0 Å². The van der Waals surface area contributed by atoms with E-state index in [2.05, 4.69) is 10.0 Å². The van der Waals surface area contributed by atoms with Crippen molar-refractivity contribution in [2.75, 3.05) is 17.1 Å². The summed E-state index contributed by atoms with van der Waals surface area (Å²) in [5.41, 5.74) is 4.88. The van der Waals surface area contributed by atoms with Gasteiger partial charge in [-0.15, -0.1) is 0 Å². The van der Waals surface area contributed by atoms with Crippen molar-refractivity contribution in [3.05, 3.63) is 88.5 Å². The molecule has 3 aromatic carbocycles. The van der Waals surface area contributed by atoms with Gasteiger partial charge in [0, 0.05) is 24.0 Å². The Morgan fingerprint density at radius 3 is 2.32 bits per heavy atom. The molecule has 0 fully saturated rings. The van der Waals surface area contributed by atoms with Crippen LogP contribution in [0.25, 0.3) is 0 Å². The molecule has 1 amide bonds. The van der Waals surface area contributed by atoms with Crippen LogP contribution in [0.2, 0.25) is 0 Å². The molecule has 0 atom stereocenters. The summed E-state index contributed by atoms with van der Waals surface area (Å²) in [4.78, 5) is 12.8. The highest BCUT2D eigenvalue weighted by Crippen LogP contribution is 2.23. The lowest BCUT2D eigenvalue weighted by molar-refractivity contribution is 0.102. The first-order valence-electron chi connectivity index (χ1n) is 9.79. The Morgan fingerprint density at radius 1 is 0.871 bits per heavy atom. The fraction of sp³-hybridized carbons (Fsp3) is 0.208. The van der Waals surface area contributed by atoms with Crippen LogP contribution in [0.1, 0.15) is 32.6 Å². The number of carbonyl (C=O) groups excluding carboxylic acids is 1. The Balaban J connectivity index is 1.85. The van der Waals surface area contributed by atoms with Gasteiger partial charge < -0.3 is 10.1 Å². The van der Waals surface area contributed by atoms with Crippen molar-refractivity contribution in [2.24, 2.45) is 0 Å². The molecule has 2 N–H and O–H groups in total. The highest BCUT2D eigenvalue weighted by atomic mass is 32.2. The first kappa shape index (κ1) is 22.5. The van der Waals surface area contributed by atoms with E-state index in [0.29, 0.717) is 23.5 Å². The number of rotatable bonds is 7. The molecule has 0 saturated carbocycles. The number of hydrogen-bond acceptors (Lipinski definition) is 4. The summed E-state index contributed by atoms with van der Waals surface area (Å²) in [5.74, 6) is -0.391. The predicted molar refractivity (Wildman–Crippen MR) is 123 cm³/mol. The van der Waals surface area contributed by atoms with Gasteiger partial charge in [0.1, 0.15) is 0 Å². The molecule has 0 aromatic heterocycles. The molecule has 0 unspecified atom stereocenters. The third kappa shape index (κ3) is 5.51. The molecule has 162 valence electrons. The number of benzene rings is 3. The van der Waals surface area contributed by atoms with E-state index in [1.165, 1.54) is 6.07 Å². The van der Waals surface area contributed by atoms with Crippen molar-refractivity contribution in [1.82, 2.24) is 0 Å². The zero-order valence-corrected chi connectivity index (χ0v) is 18.8. The van der Waals surface area contributed by atoms with Crippen LogP contribution in [0.15, 0.2) is 65.6 Å². The Morgan fingerprint density at radius 2 is 1.61 bits per heavy atom. The van der Waals surface area contributed by atoms with Crippen molar-refractivity contribution < 1.29 is 17.9 Å². The molecule has 31 heavy (non-hydrogen) atoms. The van der Waals surface area contributed by atoms with Crippen LogP contribution in [0.3, 0.4) is 0 Å². The molecule has 0 aliphatic heterocycles. The summed E-state index contributed by atoms with van der Waals surface area (Å²) in [7, 11) is -2.26. The van der Waals surface area contributed by atoms with E-state index in [1.807, 2.05) is 38.1 Å². The Kier molecular flexibility index (Phi) is 6.77. The number of amides is 1. The minimum Gasteiger partial charge on any atom is -0.380 e. The normalized spacial score (nSPS) is 11.2. The van der Waals surface area contributed by atoms with Crippen LogP contribution in [0, 0.1) is 20.8 Å². The van der Waals surface area contributed by atoms with Gasteiger partial charge in [0.25, 0.3) is 15.9 Å². The fourth-order valence-electron chi connectivity index (χ4n) is 3.15. The second-order valence-corrected chi connectivity index (χ2v) is 9.12. The first-order valence-corrected chi connectivity index (χ1v) is 11.3. The average molecular weight is 439 g/mol. The topological polar surface area (TPSA) is 84.5 Å². The third-order valence-corrected chi connectivity index (χ3v) is 6.52. The largest absolute Gasteiger partial charge is 0.380 e. The summed E-state index contributed by atoms with van der Waals surface area (Å²) in [6, 6.07) is 17.3. The molecule has 0 radical (unpaired) electrons. The standard InChI is InChI=1S/C24H26N2O4S/c1-16-9-11-22(12-18(16)3)26-31(28,29)23-14-20(10-8-17(23)2)24(27)25-21-7-5-6-19(13-21)15-30-4/h5-14,26H,15H2,1-4H3,(H,25,27). The van der Waals surface area contributed by atoms with E-state index in [-0.39, 0.29) is 10.5 Å². The lowest BCUT2D eigenvalue weighted by Crippen LogP contribution is -2.17. The van der Waals surface area contributed by atoms with E-state index in [4.69, 9.17) is 4.74 Å². The minimum absolute atomic E-state index is 0.0616. The van der Waals surface area contributed by atoms with Crippen LogP contribution < -0.4 is 10.0 Å². The van der Waals surface area contributed by atoms with Crippen molar-refractivity contribution in [3.8, 4) is 0 Å². The summed E-state index contributed by atoms with van der Waals surface area (Å²) in [5, 5.41) is 2.81. The van der Waals surface area contributed by atoms with Crippen LogP contribution in [-0.2, 0) is 21.4 Å². The lowest BCUT2D eigenvalue weighted by Gasteiger charge is -2.13. The van der Waals surface area contributed by atoms with Gasteiger partial charge in [-0.3, -0.25) is 9.52 Å². The maximum atomic E-state index is 13.0. The quantitative estimate of drug-likeness (QED) is 0.554. The van der Waals surface area contributed by atoms with Crippen LogP contribution >= 0.6 is 0 Å². The number of sulfonamides is 1. The predicted octanol–water partition coefficient (Wildman–Crippen LogP) is 4.81. The number of hydrogen-bond donors (Lipinski definition) is 2.